The summed E-state index contributed by atoms with van der Waals surface area (Å²) in [6.07, 6.45) is 1.84. The molecule has 0 radical (unpaired) electrons. The topological polar surface area (TPSA) is 76.5 Å². The molecule has 7 nitrogen and oxygen atoms in total. The third kappa shape index (κ3) is 4.82. The first-order valence-corrected chi connectivity index (χ1v) is 10.7. The Morgan fingerprint density at radius 3 is 2.59 bits per heavy atom. The number of nitrogens with zero attached hydrogens (tertiary/aromatic N) is 3. The summed E-state index contributed by atoms with van der Waals surface area (Å²) in [6, 6.07) is 17.6. The van der Waals surface area contributed by atoms with E-state index in [0.717, 1.165) is 5.56 Å². The van der Waals surface area contributed by atoms with Gasteiger partial charge in [-0.3, -0.25) is 9.59 Å². The summed E-state index contributed by atoms with van der Waals surface area (Å²) in [5.74, 6) is 0.957. The predicted molar refractivity (Wildman–Crippen MR) is 124 cm³/mol. The molecule has 7 heteroatoms. The van der Waals surface area contributed by atoms with Crippen LogP contribution < -0.4 is 15.0 Å². The molecule has 1 aromatic heterocycles. The van der Waals surface area contributed by atoms with Crippen LogP contribution in [-0.4, -0.2) is 34.7 Å². The second-order valence-corrected chi connectivity index (χ2v) is 8.92. The van der Waals surface area contributed by atoms with Gasteiger partial charge in [-0.2, -0.15) is 5.10 Å². The van der Waals surface area contributed by atoms with Crippen LogP contribution in [0.2, 0.25) is 0 Å². The van der Waals surface area contributed by atoms with Gasteiger partial charge in [-0.1, -0.05) is 57.2 Å². The molecule has 1 aliphatic heterocycles. The number of ether oxygens (including phenoxy) is 1. The van der Waals surface area contributed by atoms with Crippen molar-refractivity contribution in [3.8, 4) is 5.75 Å². The number of hydrogen-bond acceptors (Lipinski definition) is 4. The van der Waals surface area contributed by atoms with E-state index in [0.29, 0.717) is 23.8 Å². The number of nitrogens with one attached hydrogen (secondary N) is 1. The summed E-state index contributed by atoms with van der Waals surface area (Å²) < 4.78 is 7.22. The fourth-order valence-electron chi connectivity index (χ4n) is 3.67. The lowest BCUT2D eigenvalue weighted by Gasteiger charge is -2.29. The van der Waals surface area contributed by atoms with Gasteiger partial charge in [0.05, 0.1) is 18.4 Å². The molecule has 0 saturated heterocycles. The molecule has 2 aromatic carbocycles. The first kappa shape index (κ1) is 21.6. The molecule has 0 spiro atoms. The molecule has 0 saturated carbocycles. The van der Waals surface area contributed by atoms with Gasteiger partial charge in [0.1, 0.15) is 11.6 Å². The minimum Gasteiger partial charge on any atom is -0.482 e. The summed E-state index contributed by atoms with van der Waals surface area (Å²) >= 11 is 0. The molecule has 0 atom stereocenters. The van der Waals surface area contributed by atoms with E-state index in [-0.39, 0.29) is 36.8 Å². The van der Waals surface area contributed by atoms with Gasteiger partial charge in [0.25, 0.3) is 5.91 Å². The first-order chi connectivity index (χ1) is 15.3. The largest absolute Gasteiger partial charge is 0.482 e. The molecule has 32 heavy (non-hydrogen) atoms. The quantitative estimate of drug-likeness (QED) is 0.639. The minimum atomic E-state index is -0.174. The highest BCUT2D eigenvalue weighted by atomic mass is 16.5. The third-order valence-electron chi connectivity index (χ3n) is 5.51. The number of fused-ring (bicyclic) bond motifs is 1. The van der Waals surface area contributed by atoms with Crippen LogP contribution >= 0.6 is 0 Å². The van der Waals surface area contributed by atoms with Crippen molar-refractivity contribution < 1.29 is 14.3 Å². The van der Waals surface area contributed by atoms with Crippen LogP contribution in [0.15, 0.2) is 60.8 Å². The Kier molecular flexibility index (Phi) is 5.99. The van der Waals surface area contributed by atoms with Crippen LogP contribution in [0.25, 0.3) is 0 Å². The van der Waals surface area contributed by atoms with Crippen LogP contribution in [0.5, 0.6) is 5.75 Å². The van der Waals surface area contributed by atoms with E-state index >= 15 is 0 Å². The molecule has 1 N–H and O–H groups in total. The van der Waals surface area contributed by atoms with E-state index < -0.39 is 0 Å². The number of rotatable bonds is 6. The molecule has 2 amide bonds. The molecule has 0 bridgehead atoms. The maximum absolute atomic E-state index is 12.6. The number of benzene rings is 2. The monoisotopic (exact) mass is 432 g/mol. The zero-order valence-electron chi connectivity index (χ0n) is 18.7. The molecule has 0 unspecified atom stereocenters. The highest BCUT2D eigenvalue weighted by molar-refractivity contribution is 5.99. The molecule has 2 heterocycles. The minimum absolute atomic E-state index is 0.0145. The first-order valence-electron chi connectivity index (χ1n) is 10.7. The molecule has 0 fully saturated rings. The van der Waals surface area contributed by atoms with E-state index in [1.165, 1.54) is 5.56 Å². The molecule has 0 aliphatic carbocycles. The molecule has 166 valence electrons. The number of carbonyl (C=O) groups is 2. The van der Waals surface area contributed by atoms with Crippen molar-refractivity contribution in [1.82, 2.24) is 9.78 Å². The number of aromatic nitrogens is 2. The van der Waals surface area contributed by atoms with Gasteiger partial charge in [-0.05, 0) is 28.7 Å². The fourth-order valence-corrected chi connectivity index (χ4v) is 3.67. The van der Waals surface area contributed by atoms with E-state index in [1.54, 1.807) is 21.8 Å². The number of carbonyl (C=O) groups excluding carboxylic acids is 2. The molecular weight excluding hydrogens is 404 g/mol. The van der Waals surface area contributed by atoms with Crippen LogP contribution in [0.4, 0.5) is 11.5 Å². The van der Waals surface area contributed by atoms with E-state index in [9.17, 15) is 9.59 Å². The molecular formula is C25H28N4O3. The van der Waals surface area contributed by atoms with Gasteiger partial charge in [-0.15, -0.1) is 0 Å². The van der Waals surface area contributed by atoms with Gasteiger partial charge < -0.3 is 15.0 Å². The predicted octanol–water partition coefficient (Wildman–Crippen LogP) is 3.98. The average molecular weight is 433 g/mol. The zero-order chi connectivity index (χ0) is 22.7. The van der Waals surface area contributed by atoms with Gasteiger partial charge in [-0.25, -0.2) is 4.68 Å². The highest BCUT2D eigenvalue weighted by Gasteiger charge is 2.25. The van der Waals surface area contributed by atoms with E-state index in [1.807, 2.05) is 24.3 Å². The van der Waals surface area contributed by atoms with Crippen molar-refractivity contribution in [1.29, 1.82) is 0 Å². The Labute approximate surface area is 188 Å². The SMILES string of the molecule is CC(C)(C)c1ccc(Cn2nccc2NC(=O)CCN2C(=O)COc3ccccc32)cc1. The van der Waals surface area contributed by atoms with Gasteiger partial charge in [0.2, 0.25) is 5.91 Å². The van der Waals surface area contributed by atoms with Gasteiger partial charge in [0, 0.05) is 19.0 Å². The van der Waals surface area contributed by atoms with Crippen LogP contribution in [0.1, 0.15) is 38.3 Å². The number of hydrogen-bond donors (Lipinski definition) is 1. The smallest absolute Gasteiger partial charge is 0.265 e. The zero-order valence-corrected chi connectivity index (χ0v) is 18.7. The summed E-state index contributed by atoms with van der Waals surface area (Å²) in [4.78, 5) is 26.5. The Morgan fingerprint density at radius 1 is 1.09 bits per heavy atom. The van der Waals surface area contributed by atoms with Crippen LogP contribution in [0.3, 0.4) is 0 Å². The summed E-state index contributed by atoms with van der Waals surface area (Å²) in [5, 5.41) is 7.27. The normalized spacial score (nSPS) is 13.5. The maximum atomic E-state index is 12.6. The van der Waals surface area contributed by atoms with Crippen LogP contribution in [0, 0.1) is 0 Å². The molecule has 3 aromatic rings. The summed E-state index contributed by atoms with van der Waals surface area (Å²) in [6.45, 7) is 7.39. The second-order valence-electron chi connectivity index (χ2n) is 8.92. The van der Waals surface area contributed by atoms with Crippen molar-refractivity contribution in [3.05, 3.63) is 71.9 Å². The fraction of sp³-hybridized carbons (Fsp3) is 0.320. The Bertz CT molecular complexity index is 1110. The lowest BCUT2D eigenvalue weighted by Crippen LogP contribution is -2.40. The lowest BCUT2D eigenvalue weighted by molar-refractivity contribution is -0.121. The number of anilines is 2. The average Bonchev–Trinajstić information content (AvgIpc) is 3.19. The highest BCUT2D eigenvalue weighted by Crippen LogP contribution is 2.31. The molecule has 1 aliphatic rings. The third-order valence-corrected chi connectivity index (χ3v) is 5.51. The second kappa shape index (κ2) is 8.86. The van der Waals surface area contributed by atoms with Gasteiger partial charge in [0.15, 0.2) is 6.61 Å². The standard InChI is InChI=1S/C25H28N4O3/c1-25(2,3)19-10-8-18(9-11-19)16-29-22(12-14-26-29)27-23(30)13-15-28-20-6-4-5-7-21(20)32-17-24(28)31/h4-12,14H,13,15-17H2,1-3H3,(H,27,30). The lowest BCUT2D eigenvalue weighted by atomic mass is 9.87. The van der Waals surface area contributed by atoms with Gasteiger partial charge >= 0.3 is 0 Å². The Balaban J connectivity index is 1.37. The Morgan fingerprint density at radius 2 is 1.84 bits per heavy atom. The number of amides is 2. The van der Waals surface area contributed by atoms with Crippen molar-refractivity contribution in [2.24, 2.45) is 0 Å². The van der Waals surface area contributed by atoms with Crippen LogP contribution in [-0.2, 0) is 21.5 Å². The molecule has 4 rings (SSSR count). The van der Waals surface area contributed by atoms with E-state index in [4.69, 9.17) is 4.74 Å². The number of para-hydroxylation sites is 2. The summed E-state index contributed by atoms with van der Waals surface area (Å²) in [5.41, 5.74) is 3.17. The van der Waals surface area contributed by atoms with Crippen molar-refractivity contribution in [2.45, 2.75) is 39.2 Å². The van der Waals surface area contributed by atoms with E-state index in [2.05, 4.69) is 55.5 Å². The maximum Gasteiger partial charge on any atom is 0.265 e. The Hall–Kier alpha value is -3.61. The van der Waals surface area contributed by atoms with Crippen molar-refractivity contribution in [2.75, 3.05) is 23.4 Å². The summed E-state index contributed by atoms with van der Waals surface area (Å²) in [7, 11) is 0. The van der Waals surface area contributed by atoms with Crippen molar-refractivity contribution >= 4 is 23.3 Å². The van der Waals surface area contributed by atoms with Crippen molar-refractivity contribution in [3.63, 3.8) is 0 Å².